The second-order valence-corrected chi connectivity index (χ2v) is 5.94. The number of aromatic amines is 1. The van der Waals surface area contributed by atoms with Crippen LogP contribution in [0.3, 0.4) is 0 Å². The molecular formula is C19H15N5. The molecule has 1 aromatic heterocycles. The number of nitrogens with one attached hydrogen (secondary N) is 2. The Hall–Kier alpha value is -3.34. The van der Waals surface area contributed by atoms with Gasteiger partial charge in [0.05, 0.1) is 40.4 Å². The zero-order valence-electron chi connectivity index (χ0n) is 12.9. The van der Waals surface area contributed by atoms with Crippen molar-refractivity contribution in [3.05, 3.63) is 82.5 Å². The average Bonchev–Trinajstić information content (AvgIpc) is 3.32. The largest absolute Gasteiger partial charge is 0.354 e. The van der Waals surface area contributed by atoms with Crippen LogP contribution in [0, 0.1) is 0 Å². The van der Waals surface area contributed by atoms with Crippen LogP contribution in [0.2, 0.25) is 0 Å². The Bertz CT molecular complexity index is 1050. The molecule has 0 saturated heterocycles. The van der Waals surface area contributed by atoms with Crippen LogP contribution in [-0.4, -0.2) is 28.0 Å². The summed E-state index contributed by atoms with van der Waals surface area (Å²) in [6, 6.07) is 4.12. The summed E-state index contributed by atoms with van der Waals surface area (Å²) in [5, 5.41) is 4.12. The molecule has 0 aliphatic carbocycles. The smallest absolute Gasteiger partial charge is 0.0659 e. The van der Waals surface area contributed by atoms with Gasteiger partial charge in [0.2, 0.25) is 0 Å². The van der Waals surface area contributed by atoms with Gasteiger partial charge in [0, 0.05) is 11.5 Å². The number of rotatable bonds is 0. The zero-order valence-corrected chi connectivity index (χ0v) is 12.9. The van der Waals surface area contributed by atoms with Gasteiger partial charge in [0.15, 0.2) is 0 Å². The Morgan fingerprint density at radius 3 is 2.46 bits per heavy atom. The summed E-state index contributed by atoms with van der Waals surface area (Å²) in [5.74, 6) is 0. The van der Waals surface area contributed by atoms with Gasteiger partial charge in [0.25, 0.3) is 0 Å². The predicted molar refractivity (Wildman–Crippen MR) is 96.2 cm³/mol. The van der Waals surface area contributed by atoms with Crippen LogP contribution in [0.15, 0.2) is 81.7 Å². The predicted octanol–water partition coefficient (Wildman–Crippen LogP) is 1.04. The molecule has 4 aliphatic rings. The van der Waals surface area contributed by atoms with E-state index in [0.29, 0.717) is 0 Å². The van der Waals surface area contributed by atoms with Gasteiger partial charge in [-0.05, 0) is 60.7 Å². The summed E-state index contributed by atoms with van der Waals surface area (Å²) in [6.07, 6.45) is 18.3. The lowest BCUT2D eigenvalue weighted by Crippen LogP contribution is -2.29. The fourth-order valence-corrected chi connectivity index (χ4v) is 2.97. The molecule has 24 heavy (non-hydrogen) atoms. The van der Waals surface area contributed by atoms with E-state index in [1.54, 1.807) is 0 Å². The van der Waals surface area contributed by atoms with Crippen LogP contribution in [0.1, 0.15) is 0 Å². The van der Waals surface area contributed by atoms with Crippen LogP contribution in [0.4, 0.5) is 0 Å². The second kappa shape index (κ2) is 5.09. The SMILES string of the molecule is C1=CC2=NC1=CC1=CCN(C=c3ccc([nH]3)=CC3=NC(=C2)C=C3)N1. The first-order valence-corrected chi connectivity index (χ1v) is 7.89. The topological polar surface area (TPSA) is 55.8 Å². The van der Waals surface area contributed by atoms with Crippen molar-refractivity contribution >= 4 is 23.7 Å². The lowest BCUT2D eigenvalue weighted by atomic mass is 10.3. The molecule has 0 atom stereocenters. The number of fused-ring (bicyclic) bond motifs is 6. The van der Waals surface area contributed by atoms with Crippen molar-refractivity contribution in [1.29, 1.82) is 0 Å². The second-order valence-electron chi connectivity index (χ2n) is 5.94. The van der Waals surface area contributed by atoms with E-state index in [1.807, 2.05) is 41.5 Å². The molecule has 5 nitrogen and oxygen atoms in total. The Labute approximate surface area is 138 Å². The quantitative estimate of drug-likeness (QED) is 0.752. The molecule has 0 spiro atoms. The van der Waals surface area contributed by atoms with Gasteiger partial charge in [-0.1, -0.05) is 0 Å². The first-order valence-electron chi connectivity index (χ1n) is 7.89. The van der Waals surface area contributed by atoms with Crippen molar-refractivity contribution in [2.75, 3.05) is 6.54 Å². The number of aliphatic imine (C=N–C) groups is 2. The lowest BCUT2D eigenvalue weighted by Gasteiger charge is -2.13. The molecule has 5 rings (SSSR count). The molecule has 0 saturated carbocycles. The van der Waals surface area contributed by atoms with Gasteiger partial charge in [0.1, 0.15) is 0 Å². The van der Waals surface area contributed by atoms with E-state index >= 15 is 0 Å². The number of H-pyrrole nitrogens is 1. The van der Waals surface area contributed by atoms with Gasteiger partial charge in [-0.3, -0.25) is 10.4 Å². The molecular weight excluding hydrogens is 298 g/mol. The van der Waals surface area contributed by atoms with Gasteiger partial charge < -0.3 is 4.98 Å². The van der Waals surface area contributed by atoms with Crippen molar-refractivity contribution in [1.82, 2.24) is 15.4 Å². The standard InChI is InChI=1S/C19H15N5/c1-2-15-10-16-5-6-19(22-16)12-24-8-7-18(23-24)11-17-4-3-14(21-17)9-13(1)20-15/h1-7,9-12,22-23H,8H2. The number of hydrogen-bond donors (Lipinski definition) is 2. The van der Waals surface area contributed by atoms with Crippen molar-refractivity contribution in [2.24, 2.45) is 9.98 Å². The van der Waals surface area contributed by atoms with E-state index < -0.39 is 0 Å². The van der Waals surface area contributed by atoms with Crippen molar-refractivity contribution in [3.63, 3.8) is 0 Å². The first-order chi connectivity index (χ1) is 11.8. The van der Waals surface area contributed by atoms with Crippen molar-refractivity contribution in [3.8, 4) is 0 Å². The van der Waals surface area contributed by atoms with Crippen molar-refractivity contribution in [2.45, 2.75) is 0 Å². The van der Waals surface area contributed by atoms with Gasteiger partial charge >= 0.3 is 0 Å². The molecule has 116 valence electrons. The minimum Gasteiger partial charge on any atom is -0.354 e. The van der Waals surface area contributed by atoms with Gasteiger partial charge in [-0.25, -0.2) is 9.98 Å². The van der Waals surface area contributed by atoms with E-state index in [4.69, 9.17) is 0 Å². The van der Waals surface area contributed by atoms with Crippen molar-refractivity contribution < 1.29 is 0 Å². The van der Waals surface area contributed by atoms with Gasteiger partial charge in [-0.15, -0.1) is 0 Å². The fraction of sp³-hybridized carbons (Fsp3) is 0.0526. The number of hydrazine groups is 1. The Balaban J connectivity index is 1.65. The van der Waals surface area contributed by atoms with E-state index in [0.717, 1.165) is 45.8 Å². The fourth-order valence-electron chi connectivity index (χ4n) is 2.97. The van der Waals surface area contributed by atoms with Crippen LogP contribution >= 0.6 is 0 Å². The number of allylic oxidation sites excluding steroid dienone is 6. The summed E-state index contributed by atoms with van der Waals surface area (Å²) < 4.78 is 0. The molecule has 5 heteroatoms. The third-order valence-corrected chi connectivity index (χ3v) is 4.08. The molecule has 0 unspecified atom stereocenters. The number of nitrogens with zero attached hydrogens (tertiary/aromatic N) is 3. The molecule has 8 bridgehead atoms. The van der Waals surface area contributed by atoms with Crippen LogP contribution in [0.5, 0.6) is 0 Å². The van der Waals surface area contributed by atoms with Crippen LogP contribution in [0.25, 0.3) is 12.3 Å². The number of aromatic nitrogens is 1. The summed E-state index contributed by atoms with van der Waals surface area (Å²) in [7, 11) is 0. The third kappa shape index (κ3) is 2.46. The molecule has 0 fully saturated rings. The van der Waals surface area contributed by atoms with Crippen LogP contribution < -0.4 is 16.1 Å². The van der Waals surface area contributed by atoms with Crippen LogP contribution in [-0.2, 0) is 0 Å². The molecule has 1 aromatic rings. The average molecular weight is 313 g/mol. The molecule has 5 heterocycles. The Morgan fingerprint density at radius 2 is 1.58 bits per heavy atom. The highest BCUT2D eigenvalue weighted by Crippen LogP contribution is 2.17. The summed E-state index contributed by atoms with van der Waals surface area (Å²) in [4.78, 5) is 12.6. The number of hydrogen-bond acceptors (Lipinski definition) is 4. The van der Waals surface area contributed by atoms with Gasteiger partial charge in [-0.2, -0.15) is 0 Å². The van der Waals surface area contributed by atoms with E-state index in [2.05, 4.69) is 50.9 Å². The third-order valence-electron chi connectivity index (χ3n) is 4.08. The maximum atomic E-state index is 4.63. The molecule has 4 aliphatic heterocycles. The lowest BCUT2D eigenvalue weighted by molar-refractivity contribution is 0.405. The highest BCUT2D eigenvalue weighted by molar-refractivity contribution is 6.19. The minimum absolute atomic E-state index is 0.816. The van der Waals surface area contributed by atoms with E-state index in [1.165, 1.54) is 0 Å². The van der Waals surface area contributed by atoms with E-state index in [9.17, 15) is 0 Å². The molecule has 2 N–H and O–H groups in total. The maximum absolute atomic E-state index is 4.63. The summed E-state index contributed by atoms with van der Waals surface area (Å²) in [6.45, 7) is 0.816. The van der Waals surface area contributed by atoms with E-state index in [-0.39, 0.29) is 0 Å². The molecule has 0 radical (unpaired) electrons. The molecule has 0 amide bonds. The summed E-state index contributed by atoms with van der Waals surface area (Å²) >= 11 is 0. The minimum atomic E-state index is 0.816. The first kappa shape index (κ1) is 13.1. The summed E-state index contributed by atoms with van der Waals surface area (Å²) in [5.41, 5.74) is 8.12. The normalized spacial score (nSPS) is 20.5. The Morgan fingerprint density at radius 1 is 0.833 bits per heavy atom. The zero-order chi connectivity index (χ0) is 15.9. The molecule has 0 aromatic carbocycles. The highest BCUT2D eigenvalue weighted by atomic mass is 15.5. The highest BCUT2D eigenvalue weighted by Gasteiger charge is 2.11. The monoisotopic (exact) mass is 313 g/mol. The Kier molecular flexibility index (Phi) is 2.79. The maximum Gasteiger partial charge on any atom is 0.0659 e.